The molecular formula is C32H35N7O4. The van der Waals surface area contributed by atoms with Crippen molar-refractivity contribution in [1.82, 2.24) is 24.8 Å². The number of likely N-dealkylation sites (tertiary alicyclic amines) is 1. The molecule has 0 unspecified atom stereocenters. The molecule has 0 bridgehead atoms. The van der Waals surface area contributed by atoms with Gasteiger partial charge < -0.3 is 10.5 Å². The van der Waals surface area contributed by atoms with E-state index in [4.69, 9.17) is 16.3 Å². The second-order valence-corrected chi connectivity index (χ2v) is 10.6. The highest BCUT2D eigenvalue weighted by Crippen LogP contribution is 2.33. The van der Waals surface area contributed by atoms with Gasteiger partial charge in [0.2, 0.25) is 0 Å². The van der Waals surface area contributed by atoms with E-state index in [1.54, 1.807) is 12.1 Å². The lowest BCUT2D eigenvalue weighted by Gasteiger charge is -2.38. The van der Waals surface area contributed by atoms with Crippen LogP contribution >= 0.6 is 0 Å². The number of carbonyl (C=O) groups excluding carboxylic acids is 3. The van der Waals surface area contributed by atoms with Crippen LogP contribution in [0.4, 0.5) is 15.4 Å². The van der Waals surface area contributed by atoms with E-state index in [9.17, 15) is 14.4 Å². The number of hydrazine groups is 1. The Morgan fingerprint density at radius 2 is 1.53 bits per heavy atom. The van der Waals surface area contributed by atoms with Gasteiger partial charge in [0, 0.05) is 7.05 Å². The highest BCUT2D eigenvalue weighted by atomic mass is 16.6. The third-order valence-corrected chi connectivity index (χ3v) is 7.65. The molecule has 11 heteroatoms. The standard InChI is InChI=1S/C32H35N7O4/c1-37(34)32(42)39-21-35-27(29(39)33)30(40)36-31(41)43-26-14-12-22(13-15-26)20-23-16-18-38(19-17-23)28(24-8-4-2-5-9-24)25-10-6-3-7-11-25/h2-15,21,23,28H,16-20,33-34H2,1H3,(H,36,40,41). The molecule has 222 valence electrons. The summed E-state index contributed by atoms with van der Waals surface area (Å²) in [4.78, 5) is 43.1. The van der Waals surface area contributed by atoms with Crippen molar-refractivity contribution in [3.05, 3.63) is 114 Å². The van der Waals surface area contributed by atoms with Crippen LogP contribution in [-0.4, -0.2) is 57.6 Å². The Morgan fingerprint density at radius 1 is 0.953 bits per heavy atom. The average molecular weight is 582 g/mol. The monoisotopic (exact) mass is 581 g/mol. The number of carbonyl (C=O) groups is 3. The van der Waals surface area contributed by atoms with E-state index in [2.05, 4.69) is 75.9 Å². The summed E-state index contributed by atoms with van der Waals surface area (Å²) in [5.41, 5.74) is 9.29. The lowest BCUT2D eigenvalue weighted by Crippen LogP contribution is -2.37. The lowest BCUT2D eigenvalue weighted by atomic mass is 9.87. The zero-order valence-corrected chi connectivity index (χ0v) is 23.9. The van der Waals surface area contributed by atoms with Gasteiger partial charge in [0.05, 0.1) is 6.04 Å². The van der Waals surface area contributed by atoms with Gasteiger partial charge in [0.25, 0.3) is 5.91 Å². The van der Waals surface area contributed by atoms with Gasteiger partial charge in [-0.2, -0.15) is 0 Å². The third kappa shape index (κ3) is 7.08. The highest BCUT2D eigenvalue weighted by molar-refractivity contribution is 6.05. The van der Waals surface area contributed by atoms with Crippen LogP contribution in [0.2, 0.25) is 0 Å². The van der Waals surface area contributed by atoms with Gasteiger partial charge in [-0.1, -0.05) is 72.8 Å². The largest absolute Gasteiger partial charge is 0.419 e. The van der Waals surface area contributed by atoms with Crippen molar-refractivity contribution >= 4 is 23.8 Å². The van der Waals surface area contributed by atoms with Gasteiger partial charge in [-0.3, -0.25) is 20.0 Å². The molecule has 3 amide bonds. The Labute approximate surface area is 250 Å². The van der Waals surface area contributed by atoms with Crippen LogP contribution in [0, 0.1) is 5.92 Å². The number of benzene rings is 3. The maximum Gasteiger partial charge on any atom is 0.419 e. The number of nitrogens with two attached hydrogens (primary N) is 2. The normalized spacial score (nSPS) is 13.9. The minimum Gasteiger partial charge on any atom is -0.410 e. The molecule has 0 saturated carbocycles. The van der Waals surface area contributed by atoms with Gasteiger partial charge in [0.15, 0.2) is 5.69 Å². The summed E-state index contributed by atoms with van der Waals surface area (Å²) in [6.45, 7) is 2.02. The van der Waals surface area contributed by atoms with Crippen molar-refractivity contribution in [3.8, 4) is 5.75 Å². The van der Waals surface area contributed by atoms with E-state index in [0.29, 0.717) is 5.92 Å². The van der Waals surface area contributed by atoms with E-state index in [1.165, 1.54) is 18.2 Å². The fourth-order valence-corrected chi connectivity index (χ4v) is 5.47. The summed E-state index contributed by atoms with van der Waals surface area (Å²) in [5, 5.41) is 2.85. The Bertz CT molecular complexity index is 1510. The summed E-state index contributed by atoms with van der Waals surface area (Å²) in [6.07, 6.45) is 3.16. The molecule has 2 heterocycles. The number of imide groups is 1. The number of amides is 3. The average Bonchev–Trinajstić information content (AvgIpc) is 3.41. The molecule has 1 aliphatic heterocycles. The van der Waals surface area contributed by atoms with Crippen molar-refractivity contribution in [1.29, 1.82) is 0 Å². The van der Waals surface area contributed by atoms with Crippen LogP contribution in [0.25, 0.3) is 0 Å². The Morgan fingerprint density at radius 3 is 2.09 bits per heavy atom. The molecule has 11 nitrogen and oxygen atoms in total. The first-order valence-electron chi connectivity index (χ1n) is 14.1. The SMILES string of the molecule is CN(N)C(=O)n1cnc(C(=O)NC(=O)Oc2ccc(CC3CCN(C(c4ccccc4)c4ccccc4)CC3)cc2)c1N. The third-order valence-electron chi connectivity index (χ3n) is 7.65. The number of hydrogen-bond acceptors (Lipinski definition) is 8. The molecule has 1 aromatic heterocycles. The number of nitrogens with one attached hydrogen (secondary N) is 1. The second-order valence-electron chi connectivity index (χ2n) is 10.6. The van der Waals surface area contributed by atoms with Crippen LogP contribution in [0.3, 0.4) is 0 Å². The maximum absolute atomic E-state index is 12.4. The van der Waals surface area contributed by atoms with Crippen LogP contribution < -0.4 is 21.6 Å². The zero-order valence-electron chi connectivity index (χ0n) is 23.9. The van der Waals surface area contributed by atoms with Gasteiger partial charge in [-0.25, -0.2) is 25.0 Å². The molecule has 0 radical (unpaired) electrons. The number of piperidine rings is 1. The summed E-state index contributed by atoms with van der Waals surface area (Å²) in [5.74, 6) is 5.09. The molecule has 1 aliphatic rings. The maximum atomic E-state index is 12.4. The fraction of sp³-hybridized carbons (Fsp3) is 0.250. The van der Waals surface area contributed by atoms with Gasteiger partial charge >= 0.3 is 12.1 Å². The molecule has 3 aromatic carbocycles. The molecule has 43 heavy (non-hydrogen) atoms. The molecule has 1 saturated heterocycles. The number of imidazole rings is 1. The van der Waals surface area contributed by atoms with Crippen LogP contribution in [0.15, 0.2) is 91.3 Å². The quantitative estimate of drug-likeness (QED) is 0.167. The molecule has 0 atom stereocenters. The molecule has 5 N–H and O–H groups in total. The van der Waals surface area contributed by atoms with E-state index < -0.39 is 18.0 Å². The lowest BCUT2D eigenvalue weighted by molar-refractivity contribution is 0.0947. The molecule has 4 aromatic rings. The van der Waals surface area contributed by atoms with Crippen molar-refractivity contribution in [2.75, 3.05) is 25.9 Å². The number of aromatic nitrogens is 2. The van der Waals surface area contributed by atoms with Gasteiger partial charge in [0.1, 0.15) is 17.9 Å². The molecule has 0 aliphatic carbocycles. The second kappa shape index (κ2) is 13.3. The molecule has 1 fully saturated rings. The van der Waals surface area contributed by atoms with Crippen molar-refractivity contribution < 1.29 is 19.1 Å². The fourth-order valence-electron chi connectivity index (χ4n) is 5.47. The Balaban J connectivity index is 1.13. The minimum atomic E-state index is -0.993. The predicted octanol–water partition coefficient (Wildman–Crippen LogP) is 4.21. The van der Waals surface area contributed by atoms with Crippen molar-refractivity contribution in [2.24, 2.45) is 11.8 Å². The number of nitrogen functional groups attached to an aromatic ring is 1. The first-order valence-corrected chi connectivity index (χ1v) is 14.1. The van der Waals surface area contributed by atoms with Gasteiger partial charge in [-0.15, -0.1) is 0 Å². The van der Waals surface area contributed by atoms with E-state index in [1.807, 2.05) is 12.1 Å². The highest BCUT2D eigenvalue weighted by Gasteiger charge is 2.27. The van der Waals surface area contributed by atoms with E-state index >= 15 is 0 Å². The number of anilines is 1. The predicted molar refractivity (Wildman–Crippen MR) is 162 cm³/mol. The first-order chi connectivity index (χ1) is 20.8. The first kappa shape index (κ1) is 29.5. The van der Waals surface area contributed by atoms with E-state index in [0.717, 1.165) is 53.8 Å². The van der Waals surface area contributed by atoms with Gasteiger partial charge in [-0.05, 0) is 67.1 Å². The van der Waals surface area contributed by atoms with Crippen LogP contribution in [0.1, 0.15) is 46.1 Å². The molecule has 0 spiro atoms. The topological polar surface area (TPSA) is 149 Å². The number of hydrogen-bond donors (Lipinski definition) is 3. The molecule has 5 rings (SSSR count). The minimum absolute atomic E-state index is 0.236. The zero-order chi connectivity index (χ0) is 30.3. The Hall–Kier alpha value is -5.00. The number of rotatable bonds is 7. The van der Waals surface area contributed by atoms with Crippen molar-refractivity contribution in [2.45, 2.75) is 25.3 Å². The van der Waals surface area contributed by atoms with Crippen LogP contribution in [-0.2, 0) is 6.42 Å². The number of nitrogens with zero attached hydrogens (tertiary/aromatic N) is 4. The smallest absolute Gasteiger partial charge is 0.410 e. The summed E-state index contributed by atoms with van der Waals surface area (Å²) < 4.78 is 6.16. The van der Waals surface area contributed by atoms with Crippen LogP contribution in [0.5, 0.6) is 5.75 Å². The molecular weight excluding hydrogens is 546 g/mol. The number of ether oxygens (including phenoxy) is 1. The van der Waals surface area contributed by atoms with E-state index in [-0.39, 0.29) is 23.3 Å². The summed E-state index contributed by atoms with van der Waals surface area (Å²) >= 11 is 0. The van der Waals surface area contributed by atoms with Crippen molar-refractivity contribution in [3.63, 3.8) is 0 Å². The Kier molecular flexibility index (Phi) is 9.14. The summed E-state index contributed by atoms with van der Waals surface area (Å²) in [7, 11) is 1.32. The summed E-state index contributed by atoms with van der Waals surface area (Å²) in [6, 6.07) is 28.1.